The third-order valence-electron chi connectivity index (χ3n) is 6.87. The number of nitrogens with zero attached hydrogens (tertiary/aromatic N) is 4. The second kappa shape index (κ2) is 12.4. The summed E-state index contributed by atoms with van der Waals surface area (Å²) in [6, 6.07) is 6.31. The molecular weight excluding hydrogens is 491 g/mol. The summed E-state index contributed by atoms with van der Waals surface area (Å²) in [6.45, 7) is 4.78. The van der Waals surface area contributed by atoms with Crippen LogP contribution in [0, 0.1) is 16.0 Å². The number of rotatable bonds is 9. The van der Waals surface area contributed by atoms with Gasteiger partial charge in [0.05, 0.1) is 4.92 Å². The zero-order valence-corrected chi connectivity index (χ0v) is 20.5. The van der Waals surface area contributed by atoms with Gasteiger partial charge in [-0.1, -0.05) is 18.2 Å². The lowest BCUT2D eigenvalue weighted by molar-refractivity contribution is -0.384. The SMILES string of the molecule is O=[N+]([O-])c1cnc(NCc2ccccc2OC(F)(F)F)nc1NCC1CCC(N2CCCNCC2)CC1. The van der Waals surface area contributed by atoms with Gasteiger partial charge in [-0.3, -0.25) is 15.0 Å². The van der Waals surface area contributed by atoms with Gasteiger partial charge < -0.3 is 20.7 Å². The fraction of sp³-hybridized carbons (Fsp3) is 0.583. The van der Waals surface area contributed by atoms with Crippen molar-refractivity contribution in [1.29, 1.82) is 0 Å². The van der Waals surface area contributed by atoms with E-state index in [1.54, 1.807) is 6.07 Å². The van der Waals surface area contributed by atoms with Gasteiger partial charge >= 0.3 is 12.0 Å². The highest BCUT2D eigenvalue weighted by molar-refractivity contribution is 5.57. The molecular formula is C24H32F3N7O3. The van der Waals surface area contributed by atoms with Crippen LogP contribution in [0.15, 0.2) is 30.5 Å². The molecule has 1 aliphatic carbocycles. The molecule has 0 amide bonds. The topological polar surface area (TPSA) is 117 Å². The van der Waals surface area contributed by atoms with E-state index in [-0.39, 0.29) is 35.3 Å². The van der Waals surface area contributed by atoms with Crippen molar-refractivity contribution >= 4 is 17.5 Å². The van der Waals surface area contributed by atoms with Crippen molar-refractivity contribution in [2.24, 2.45) is 5.92 Å². The molecule has 37 heavy (non-hydrogen) atoms. The highest BCUT2D eigenvalue weighted by Gasteiger charge is 2.32. The predicted octanol–water partition coefficient (Wildman–Crippen LogP) is 4.16. The van der Waals surface area contributed by atoms with Gasteiger partial charge in [0.1, 0.15) is 11.9 Å². The maximum atomic E-state index is 12.7. The van der Waals surface area contributed by atoms with E-state index in [2.05, 4.69) is 35.6 Å². The molecule has 0 unspecified atom stereocenters. The minimum Gasteiger partial charge on any atom is -0.405 e. The quantitative estimate of drug-likeness (QED) is 0.329. The predicted molar refractivity (Wildman–Crippen MR) is 132 cm³/mol. The van der Waals surface area contributed by atoms with Gasteiger partial charge in [0.15, 0.2) is 0 Å². The molecule has 0 atom stereocenters. The number of aromatic nitrogens is 2. The Morgan fingerprint density at radius 3 is 2.68 bits per heavy atom. The Bertz CT molecular complexity index is 1040. The van der Waals surface area contributed by atoms with Crippen LogP contribution in [-0.2, 0) is 6.54 Å². The molecule has 2 aliphatic rings. The molecule has 1 saturated carbocycles. The van der Waals surface area contributed by atoms with Crippen molar-refractivity contribution in [3.63, 3.8) is 0 Å². The summed E-state index contributed by atoms with van der Waals surface area (Å²) in [5, 5.41) is 20.9. The van der Waals surface area contributed by atoms with Gasteiger partial charge in [-0.25, -0.2) is 4.98 Å². The lowest BCUT2D eigenvalue weighted by Crippen LogP contribution is -2.40. The number of nitro groups is 1. The molecule has 0 bridgehead atoms. The molecule has 2 heterocycles. The number of benzene rings is 1. The first-order valence-corrected chi connectivity index (χ1v) is 12.6. The standard InChI is InChI=1S/C24H32F3N7O3/c25-24(26,27)37-21-5-2-1-4-18(21)15-30-23-31-16-20(34(35)36)22(32-23)29-14-17-6-8-19(9-7-17)33-12-3-10-28-11-13-33/h1-2,4-5,16-17,19,28H,3,6-15H2,(H2,29,30,31,32). The van der Waals surface area contributed by atoms with Crippen molar-refractivity contribution in [3.05, 3.63) is 46.1 Å². The average Bonchev–Trinajstić information content (AvgIpc) is 3.16. The van der Waals surface area contributed by atoms with Crippen LogP contribution in [0.25, 0.3) is 0 Å². The monoisotopic (exact) mass is 523 g/mol. The van der Waals surface area contributed by atoms with Crippen molar-refractivity contribution in [2.45, 2.75) is 51.1 Å². The third kappa shape index (κ3) is 7.89. The summed E-state index contributed by atoms with van der Waals surface area (Å²) in [5.74, 6) is 0.185. The molecule has 1 aromatic heterocycles. The highest BCUT2D eigenvalue weighted by atomic mass is 19.4. The van der Waals surface area contributed by atoms with Crippen molar-refractivity contribution in [3.8, 4) is 5.75 Å². The van der Waals surface area contributed by atoms with Crippen LogP contribution < -0.4 is 20.7 Å². The van der Waals surface area contributed by atoms with Gasteiger partial charge in [-0.05, 0) is 57.2 Å². The normalized spacial score (nSPS) is 21.2. The Hall–Kier alpha value is -3.19. The van der Waals surface area contributed by atoms with Crippen LogP contribution in [0.2, 0.25) is 0 Å². The number of halogens is 3. The van der Waals surface area contributed by atoms with Gasteiger partial charge in [0, 0.05) is 37.8 Å². The van der Waals surface area contributed by atoms with Crippen molar-refractivity contribution in [2.75, 3.05) is 43.4 Å². The molecule has 1 aromatic carbocycles. The molecule has 10 nitrogen and oxygen atoms in total. The van der Waals surface area contributed by atoms with Crippen LogP contribution in [0.1, 0.15) is 37.7 Å². The molecule has 1 aliphatic heterocycles. The van der Waals surface area contributed by atoms with Gasteiger partial charge in [-0.2, -0.15) is 4.98 Å². The Morgan fingerprint density at radius 1 is 1.14 bits per heavy atom. The molecule has 1 saturated heterocycles. The van der Waals surface area contributed by atoms with Gasteiger partial charge in [0.25, 0.3) is 0 Å². The molecule has 202 valence electrons. The third-order valence-corrected chi connectivity index (χ3v) is 6.87. The summed E-state index contributed by atoms with van der Waals surface area (Å²) in [5.41, 5.74) is -0.00894. The average molecular weight is 524 g/mol. The fourth-order valence-corrected chi connectivity index (χ4v) is 4.96. The molecule has 0 spiro atoms. The summed E-state index contributed by atoms with van der Waals surface area (Å²) in [6.07, 6.45) is 1.70. The van der Waals surface area contributed by atoms with Gasteiger partial charge in [-0.15, -0.1) is 13.2 Å². The van der Waals surface area contributed by atoms with Crippen LogP contribution in [0.4, 0.5) is 30.6 Å². The number of alkyl halides is 3. The number of anilines is 2. The molecule has 2 fully saturated rings. The first kappa shape index (κ1) is 26.9. The summed E-state index contributed by atoms with van der Waals surface area (Å²) < 4.78 is 42.1. The van der Waals surface area contributed by atoms with Crippen LogP contribution in [0.3, 0.4) is 0 Å². The lowest BCUT2D eigenvalue weighted by atomic mass is 9.85. The first-order chi connectivity index (χ1) is 17.8. The molecule has 3 N–H and O–H groups in total. The van der Waals surface area contributed by atoms with Crippen molar-refractivity contribution in [1.82, 2.24) is 20.2 Å². The van der Waals surface area contributed by atoms with E-state index in [9.17, 15) is 23.3 Å². The van der Waals surface area contributed by atoms with E-state index < -0.39 is 11.3 Å². The highest BCUT2D eigenvalue weighted by Crippen LogP contribution is 2.30. The Balaban J connectivity index is 1.34. The van der Waals surface area contributed by atoms with E-state index in [1.165, 1.54) is 18.2 Å². The molecule has 2 aromatic rings. The zero-order chi connectivity index (χ0) is 26.3. The lowest BCUT2D eigenvalue weighted by Gasteiger charge is -2.36. The number of ether oxygens (including phenoxy) is 1. The van der Waals surface area contributed by atoms with E-state index in [0.29, 0.717) is 18.5 Å². The minimum atomic E-state index is -4.82. The maximum Gasteiger partial charge on any atom is 0.573 e. The number of nitrogens with one attached hydrogen (secondary N) is 3. The van der Waals surface area contributed by atoms with Crippen LogP contribution in [0.5, 0.6) is 5.75 Å². The second-order valence-electron chi connectivity index (χ2n) is 9.39. The second-order valence-corrected chi connectivity index (χ2v) is 9.39. The summed E-state index contributed by atoms with van der Waals surface area (Å²) in [7, 11) is 0. The minimum absolute atomic E-state index is 0.0560. The Labute approximate surface area is 213 Å². The van der Waals surface area contributed by atoms with Crippen LogP contribution in [-0.4, -0.2) is 64.9 Å². The molecule has 13 heteroatoms. The van der Waals surface area contributed by atoms with E-state index in [0.717, 1.165) is 64.5 Å². The fourth-order valence-electron chi connectivity index (χ4n) is 4.96. The van der Waals surface area contributed by atoms with E-state index >= 15 is 0 Å². The van der Waals surface area contributed by atoms with Gasteiger partial charge in [0.2, 0.25) is 11.8 Å². The van der Waals surface area contributed by atoms with E-state index in [4.69, 9.17) is 0 Å². The maximum absolute atomic E-state index is 12.7. The zero-order valence-electron chi connectivity index (χ0n) is 20.5. The van der Waals surface area contributed by atoms with Crippen LogP contribution >= 0.6 is 0 Å². The Morgan fingerprint density at radius 2 is 1.92 bits per heavy atom. The molecule has 0 radical (unpaired) electrons. The molecule has 4 rings (SSSR count). The summed E-state index contributed by atoms with van der Waals surface area (Å²) >= 11 is 0. The Kier molecular flexibility index (Phi) is 8.98. The number of hydrogen-bond donors (Lipinski definition) is 3. The smallest absolute Gasteiger partial charge is 0.405 e. The number of hydrogen-bond acceptors (Lipinski definition) is 9. The summed E-state index contributed by atoms with van der Waals surface area (Å²) in [4.78, 5) is 21.8. The largest absolute Gasteiger partial charge is 0.573 e. The first-order valence-electron chi connectivity index (χ1n) is 12.6. The number of para-hydroxylation sites is 1. The van der Waals surface area contributed by atoms with Crippen molar-refractivity contribution < 1.29 is 22.8 Å². The van der Waals surface area contributed by atoms with E-state index in [1.807, 2.05) is 0 Å².